The number of hydrogen-bond donors (Lipinski definition) is 0. The van der Waals surface area contributed by atoms with Gasteiger partial charge in [-0.05, 0) is 34.9 Å². The van der Waals surface area contributed by atoms with Gasteiger partial charge in [0, 0.05) is 12.1 Å². The van der Waals surface area contributed by atoms with Gasteiger partial charge < -0.3 is 9.64 Å². The van der Waals surface area contributed by atoms with E-state index in [0.717, 1.165) is 6.42 Å². The van der Waals surface area contributed by atoms with Crippen molar-refractivity contribution in [3.63, 3.8) is 0 Å². The third kappa shape index (κ3) is 1.35. The average molecular weight is 245 g/mol. The molecule has 4 rings (SSSR count). The second kappa shape index (κ2) is 3.52. The topological polar surface area (TPSA) is 68.5 Å². The molecule has 6 nitrogen and oxygen atoms in total. The van der Waals surface area contributed by atoms with Crippen LogP contribution in [0.1, 0.15) is 16.8 Å². The first-order valence-electron chi connectivity index (χ1n) is 5.96. The Morgan fingerprint density at radius 2 is 2.22 bits per heavy atom. The Balaban J connectivity index is 1.67. The molecule has 2 aromatic rings. The van der Waals surface area contributed by atoms with Gasteiger partial charge in [-0.25, -0.2) is 4.63 Å². The number of benzene rings is 1. The molecule has 0 radical (unpaired) electrons. The fraction of sp³-hybridized carbons (Fsp3) is 0.417. The highest BCUT2D eigenvalue weighted by Crippen LogP contribution is 2.29. The monoisotopic (exact) mass is 245 g/mol. The van der Waals surface area contributed by atoms with Gasteiger partial charge in [0.1, 0.15) is 11.0 Å². The molecule has 2 unspecified atom stereocenters. The predicted molar refractivity (Wildman–Crippen MR) is 61.0 cm³/mol. The highest BCUT2D eigenvalue weighted by atomic mass is 16.6. The molecule has 1 aromatic heterocycles. The van der Waals surface area contributed by atoms with Crippen molar-refractivity contribution in [1.29, 1.82) is 0 Å². The first-order valence-corrected chi connectivity index (χ1v) is 5.96. The molecule has 2 bridgehead atoms. The molecule has 92 valence electrons. The number of nitrogens with zero attached hydrogens (tertiary/aromatic N) is 3. The van der Waals surface area contributed by atoms with Crippen LogP contribution in [0.3, 0.4) is 0 Å². The Kier molecular flexibility index (Phi) is 1.96. The second-order valence-corrected chi connectivity index (χ2v) is 4.77. The van der Waals surface area contributed by atoms with Crippen molar-refractivity contribution in [2.45, 2.75) is 18.6 Å². The number of fused-ring (bicyclic) bond motifs is 3. The largest absolute Gasteiger partial charge is 0.374 e. The molecule has 2 aliphatic rings. The van der Waals surface area contributed by atoms with Gasteiger partial charge in [0.2, 0.25) is 0 Å². The van der Waals surface area contributed by atoms with Crippen molar-refractivity contribution < 1.29 is 14.2 Å². The van der Waals surface area contributed by atoms with Crippen LogP contribution in [0.2, 0.25) is 0 Å². The second-order valence-electron chi connectivity index (χ2n) is 4.77. The zero-order valence-electron chi connectivity index (χ0n) is 9.57. The molecular weight excluding hydrogens is 234 g/mol. The quantitative estimate of drug-likeness (QED) is 0.744. The van der Waals surface area contributed by atoms with Crippen LogP contribution in [0.15, 0.2) is 22.8 Å². The molecule has 1 amide bonds. The molecule has 3 heterocycles. The van der Waals surface area contributed by atoms with Crippen LogP contribution < -0.4 is 0 Å². The standard InChI is InChI=1S/C12H11N3O3/c16-12(15-5-9-4-8(15)6-17-9)7-1-2-10-11(3-7)14-18-13-10/h1-3,8-9H,4-6H2. The maximum absolute atomic E-state index is 12.4. The molecule has 18 heavy (non-hydrogen) atoms. The fourth-order valence-corrected chi connectivity index (χ4v) is 2.73. The summed E-state index contributed by atoms with van der Waals surface area (Å²) in [4.78, 5) is 14.3. The highest BCUT2D eigenvalue weighted by molar-refractivity contribution is 5.97. The minimum absolute atomic E-state index is 0.0377. The third-order valence-corrected chi connectivity index (χ3v) is 3.66. The number of carbonyl (C=O) groups excluding carboxylic acids is 1. The SMILES string of the molecule is O=C(c1ccc2nonc2c1)N1CC2CC1CO2. The number of morpholine rings is 1. The summed E-state index contributed by atoms with van der Waals surface area (Å²) in [5.41, 5.74) is 1.91. The van der Waals surface area contributed by atoms with E-state index in [1.54, 1.807) is 18.2 Å². The Labute approximate surface area is 102 Å². The lowest BCUT2D eigenvalue weighted by molar-refractivity contribution is 0.0259. The summed E-state index contributed by atoms with van der Waals surface area (Å²) < 4.78 is 10.1. The van der Waals surface area contributed by atoms with E-state index in [0.29, 0.717) is 29.7 Å². The summed E-state index contributed by atoms with van der Waals surface area (Å²) in [6.45, 7) is 1.35. The summed E-state index contributed by atoms with van der Waals surface area (Å²) in [5.74, 6) is 0.0377. The van der Waals surface area contributed by atoms with E-state index in [1.807, 2.05) is 4.90 Å². The van der Waals surface area contributed by atoms with Crippen LogP contribution in [-0.4, -0.2) is 46.4 Å². The van der Waals surface area contributed by atoms with Crippen LogP contribution in [0.25, 0.3) is 11.0 Å². The van der Waals surface area contributed by atoms with E-state index in [4.69, 9.17) is 4.74 Å². The third-order valence-electron chi connectivity index (χ3n) is 3.66. The van der Waals surface area contributed by atoms with Gasteiger partial charge in [-0.15, -0.1) is 0 Å². The Morgan fingerprint density at radius 3 is 3.00 bits per heavy atom. The van der Waals surface area contributed by atoms with Crippen LogP contribution in [-0.2, 0) is 4.74 Å². The van der Waals surface area contributed by atoms with E-state index < -0.39 is 0 Å². The Bertz CT molecular complexity index is 624. The number of aromatic nitrogens is 2. The lowest BCUT2D eigenvalue weighted by Crippen LogP contribution is -2.41. The summed E-state index contributed by atoms with van der Waals surface area (Å²) >= 11 is 0. The lowest BCUT2D eigenvalue weighted by atomic mass is 10.1. The molecule has 2 saturated heterocycles. The number of ether oxygens (including phenoxy) is 1. The van der Waals surface area contributed by atoms with E-state index in [2.05, 4.69) is 14.9 Å². The summed E-state index contributed by atoms with van der Waals surface area (Å²) in [6, 6.07) is 5.47. The molecular formula is C12H11N3O3. The molecule has 0 saturated carbocycles. The van der Waals surface area contributed by atoms with E-state index in [-0.39, 0.29) is 18.1 Å². The zero-order chi connectivity index (χ0) is 12.1. The minimum atomic E-state index is 0.0377. The fourth-order valence-electron chi connectivity index (χ4n) is 2.73. The molecule has 2 aliphatic heterocycles. The van der Waals surface area contributed by atoms with Crippen molar-refractivity contribution >= 4 is 16.9 Å². The van der Waals surface area contributed by atoms with Crippen molar-refractivity contribution in [1.82, 2.24) is 15.2 Å². The van der Waals surface area contributed by atoms with Gasteiger partial charge in [-0.2, -0.15) is 0 Å². The Morgan fingerprint density at radius 1 is 1.33 bits per heavy atom. The van der Waals surface area contributed by atoms with Crippen LogP contribution in [0.5, 0.6) is 0 Å². The van der Waals surface area contributed by atoms with Crippen LogP contribution in [0.4, 0.5) is 0 Å². The van der Waals surface area contributed by atoms with E-state index in [1.165, 1.54) is 0 Å². The smallest absolute Gasteiger partial charge is 0.254 e. The van der Waals surface area contributed by atoms with E-state index in [9.17, 15) is 4.79 Å². The first kappa shape index (κ1) is 10.0. The molecule has 2 atom stereocenters. The van der Waals surface area contributed by atoms with E-state index >= 15 is 0 Å². The summed E-state index contributed by atoms with van der Waals surface area (Å²) in [6.07, 6.45) is 1.18. The van der Waals surface area contributed by atoms with Crippen molar-refractivity contribution in [3.8, 4) is 0 Å². The molecule has 0 spiro atoms. The number of likely N-dealkylation sites (tertiary alicyclic amines) is 1. The zero-order valence-corrected chi connectivity index (χ0v) is 9.57. The lowest BCUT2D eigenvalue weighted by Gasteiger charge is -2.26. The van der Waals surface area contributed by atoms with Crippen LogP contribution in [0, 0.1) is 0 Å². The Hall–Kier alpha value is -1.95. The summed E-state index contributed by atoms with van der Waals surface area (Å²) in [7, 11) is 0. The molecule has 0 aliphatic carbocycles. The average Bonchev–Trinajstić information content (AvgIpc) is 3.12. The maximum Gasteiger partial charge on any atom is 0.254 e. The van der Waals surface area contributed by atoms with Gasteiger partial charge >= 0.3 is 0 Å². The van der Waals surface area contributed by atoms with Gasteiger partial charge in [-0.3, -0.25) is 4.79 Å². The van der Waals surface area contributed by atoms with Crippen molar-refractivity contribution in [2.75, 3.05) is 13.2 Å². The highest BCUT2D eigenvalue weighted by Gasteiger charge is 2.41. The van der Waals surface area contributed by atoms with Gasteiger partial charge in [0.25, 0.3) is 5.91 Å². The van der Waals surface area contributed by atoms with Crippen molar-refractivity contribution in [2.24, 2.45) is 0 Å². The van der Waals surface area contributed by atoms with Gasteiger partial charge in [0.15, 0.2) is 0 Å². The van der Waals surface area contributed by atoms with Crippen molar-refractivity contribution in [3.05, 3.63) is 23.8 Å². The minimum Gasteiger partial charge on any atom is -0.374 e. The molecule has 1 aromatic carbocycles. The maximum atomic E-state index is 12.4. The number of carbonyl (C=O) groups is 1. The molecule has 2 fully saturated rings. The normalized spacial score (nSPS) is 26.1. The predicted octanol–water partition coefficient (Wildman–Crippen LogP) is 0.836. The van der Waals surface area contributed by atoms with Gasteiger partial charge in [-0.1, -0.05) is 0 Å². The molecule has 6 heteroatoms. The number of rotatable bonds is 1. The summed E-state index contributed by atoms with van der Waals surface area (Å²) in [5, 5.41) is 7.48. The number of amides is 1. The first-order chi connectivity index (χ1) is 8.81. The van der Waals surface area contributed by atoms with Crippen LogP contribution >= 0.6 is 0 Å². The number of hydrogen-bond acceptors (Lipinski definition) is 5. The molecule has 0 N–H and O–H groups in total. The van der Waals surface area contributed by atoms with Gasteiger partial charge in [0.05, 0.1) is 18.8 Å².